The molecule has 0 rings (SSSR count). The molecule has 100 valence electrons. The van der Waals surface area contributed by atoms with E-state index in [4.69, 9.17) is 9.47 Å². The topological polar surface area (TPSA) is 35.5 Å². The van der Waals surface area contributed by atoms with Crippen LogP contribution in [-0.4, -0.2) is 18.9 Å². The lowest BCUT2D eigenvalue weighted by molar-refractivity contribution is -0.174. The molecule has 0 saturated carbocycles. The summed E-state index contributed by atoms with van der Waals surface area (Å²) in [5.41, 5.74) is 0.412. The maximum atomic E-state index is 11.3. The number of carbonyl (C=O) groups excluding carboxylic acids is 1. The largest absolute Gasteiger partial charge is 0.432 e. The molecule has 1 unspecified atom stereocenters. The SMILES string of the molecule is C=C(C)C(=O)OC(CC)OCCCCCCC. The molecule has 0 amide bonds. The van der Waals surface area contributed by atoms with Crippen LogP contribution in [0, 0.1) is 0 Å². The van der Waals surface area contributed by atoms with Crippen molar-refractivity contribution >= 4 is 5.97 Å². The molecule has 0 aliphatic carbocycles. The van der Waals surface area contributed by atoms with Gasteiger partial charge < -0.3 is 9.47 Å². The molecule has 0 heterocycles. The van der Waals surface area contributed by atoms with E-state index >= 15 is 0 Å². The van der Waals surface area contributed by atoms with Gasteiger partial charge in [0.05, 0.1) is 6.61 Å². The van der Waals surface area contributed by atoms with E-state index in [2.05, 4.69) is 13.5 Å². The molecule has 0 aromatic heterocycles. The van der Waals surface area contributed by atoms with Crippen LogP contribution in [0.4, 0.5) is 0 Å². The first kappa shape index (κ1) is 16.2. The summed E-state index contributed by atoms with van der Waals surface area (Å²) in [6, 6.07) is 0. The maximum absolute atomic E-state index is 11.3. The third-order valence-electron chi connectivity index (χ3n) is 2.47. The van der Waals surface area contributed by atoms with E-state index < -0.39 is 6.29 Å². The minimum atomic E-state index is -0.426. The summed E-state index contributed by atoms with van der Waals surface area (Å²) in [5, 5.41) is 0. The number of ether oxygens (including phenoxy) is 2. The average molecular weight is 242 g/mol. The van der Waals surface area contributed by atoms with Crippen molar-refractivity contribution in [1.29, 1.82) is 0 Å². The van der Waals surface area contributed by atoms with Gasteiger partial charge >= 0.3 is 5.97 Å². The molecule has 0 aromatic carbocycles. The van der Waals surface area contributed by atoms with Crippen molar-refractivity contribution in [2.24, 2.45) is 0 Å². The molecule has 0 aliphatic heterocycles. The van der Waals surface area contributed by atoms with Crippen LogP contribution < -0.4 is 0 Å². The first-order chi connectivity index (χ1) is 8.11. The number of rotatable bonds is 10. The van der Waals surface area contributed by atoms with Gasteiger partial charge in [-0.2, -0.15) is 0 Å². The van der Waals surface area contributed by atoms with Gasteiger partial charge in [0, 0.05) is 12.0 Å². The Labute approximate surface area is 105 Å². The van der Waals surface area contributed by atoms with Crippen LogP contribution >= 0.6 is 0 Å². The van der Waals surface area contributed by atoms with Crippen molar-refractivity contribution in [1.82, 2.24) is 0 Å². The summed E-state index contributed by atoms with van der Waals surface area (Å²) in [5.74, 6) is -0.372. The van der Waals surface area contributed by atoms with Crippen molar-refractivity contribution in [2.75, 3.05) is 6.61 Å². The number of hydrogen-bond donors (Lipinski definition) is 0. The summed E-state index contributed by atoms with van der Waals surface area (Å²) < 4.78 is 10.6. The summed E-state index contributed by atoms with van der Waals surface area (Å²) in [6.45, 7) is 9.97. The third kappa shape index (κ3) is 8.93. The van der Waals surface area contributed by atoms with Gasteiger partial charge in [-0.05, 0) is 13.3 Å². The summed E-state index contributed by atoms with van der Waals surface area (Å²) in [6.07, 6.45) is 6.23. The minimum absolute atomic E-state index is 0.372. The van der Waals surface area contributed by atoms with Gasteiger partial charge in [0.1, 0.15) is 0 Å². The Balaban J connectivity index is 3.61. The fourth-order valence-electron chi connectivity index (χ4n) is 1.38. The molecule has 1 atom stereocenters. The van der Waals surface area contributed by atoms with Gasteiger partial charge in [-0.1, -0.05) is 46.1 Å². The Kier molecular flexibility index (Phi) is 9.83. The smallest absolute Gasteiger partial charge is 0.335 e. The van der Waals surface area contributed by atoms with Crippen LogP contribution in [0.1, 0.15) is 59.3 Å². The lowest BCUT2D eigenvalue weighted by atomic mass is 10.2. The maximum Gasteiger partial charge on any atom is 0.335 e. The quantitative estimate of drug-likeness (QED) is 0.253. The highest BCUT2D eigenvalue weighted by Gasteiger charge is 2.12. The standard InChI is InChI=1S/C14H26O3/c1-5-7-8-9-10-11-16-13(6-2)17-14(15)12(3)4/h13H,3,5-11H2,1-2,4H3. The van der Waals surface area contributed by atoms with Gasteiger partial charge in [0.25, 0.3) is 0 Å². The van der Waals surface area contributed by atoms with E-state index in [1.807, 2.05) is 6.92 Å². The van der Waals surface area contributed by atoms with Crippen molar-refractivity contribution in [2.45, 2.75) is 65.6 Å². The normalized spacial score (nSPS) is 12.2. The predicted octanol–water partition coefficient (Wildman–Crippen LogP) is 3.83. The first-order valence-corrected chi connectivity index (χ1v) is 6.59. The van der Waals surface area contributed by atoms with E-state index in [0.717, 1.165) is 6.42 Å². The predicted molar refractivity (Wildman–Crippen MR) is 69.7 cm³/mol. The molecule has 0 aromatic rings. The number of unbranched alkanes of at least 4 members (excludes halogenated alkanes) is 4. The first-order valence-electron chi connectivity index (χ1n) is 6.59. The molecular formula is C14H26O3. The molecule has 0 radical (unpaired) electrons. The highest BCUT2D eigenvalue weighted by Crippen LogP contribution is 2.07. The van der Waals surface area contributed by atoms with Crippen LogP contribution in [0.25, 0.3) is 0 Å². The Bertz CT molecular complexity index is 224. The summed E-state index contributed by atoms with van der Waals surface area (Å²) >= 11 is 0. The molecule has 0 spiro atoms. The average Bonchev–Trinajstić information content (AvgIpc) is 2.31. The summed E-state index contributed by atoms with van der Waals surface area (Å²) in [4.78, 5) is 11.3. The lowest BCUT2D eigenvalue weighted by Gasteiger charge is -2.16. The molecule has 0 N–H and O–H groups in total. The number of esters is 1. The molecule has 3 heteroatoms. The second-order valence-electron chi connectivity index (χ2n) is 4.31. The van der Waals surface area contributed by atoms with Crippen LogP contribution in [0.3, 0.4) is 0 Å². The van der Waals surface area contributed by atoms with Crippen molar-refractivity contribution < 1.29 is 14.3 Å². The second kappa shape index (κ2) is 10.3. The van der Waals surface area contributed by atoms with Crippen molar-refractivity contribution in [3.05, 3.63) is 12.2 Å². The zero-order chi connectivity index (χ0) is 13.1. The van der Waals surface area contributed by atoms with Crippen LogP contribution in [-0.2, 0) is 14.3 Å². The summed E-state index contributed by atoms with van der Waals surface area (Å²) in [7, 11) is 0. The minimum Gasteiger partial charge on any atom is -0.432 e. The van der Waals surface area contributed by atoms with Crippen LogP contribution in [0.2, 0.25) is 0 Å². The molecule has 0 fully saturated rings. The number of hydrogen-bond acceptors (Lipinski definition) is 3. The van der Waals surface area contributed by atoms with E-state index in [-0.39, 0.29) is 5.97 Å². The fourth-order valence-corrected chi connectivity index (χ4v) is 1.38. The van der Waals surface area contributed by atoms with Crippen LogP contribution in [0.15, 0.2) is 12.2 Å². The van der Waals surface area contributed by atoms with E-state index in [9.17, 15) is 4.79 Å². The van der Waals surface area contributed by atoms with Gasteiger partial charge in [-0.15, -0.1) is 0 Å². The molecule has 0 aliphatic rings. The van der Waals surface area contributed by atoms with Gasteiger partial charge in [0.15, 0.2) is 0 Å². The highest BCUT2D eigenvalue weighted by molar-refractivity contribution is 5.86. The van der Waals surface area contributed by atoms with Crippen LogP contribution in [0.5, 0.6) is 0 Å². The number of carbonyl (C=O) groups is 1. The molecule has 0 bridgehead atoms. The Morgan fingerprint density at radius 2 is 1.82 bits per heavy atom. The molecular weight excluding hydrogens is 216 g/mol. The highest BCUT2D eigenvalue weighted by atomic mass is 16.7. The lowest BCUT2D eigenvalue weighted by Crippen LogP contribution is -2.21. The zero-order valence-electron chi connectivity index (χ0n) is 11.5. The molecule has 17 heavy (non-hydrogen) atoms. The van der Waals surface area contributed by atoms with Gasteiger partial charge in [0.2, 0.25) is 6.29 Å². The Hall–Kier alpha value is -0.830. The molecule has 3 nitrogen and oxygen atoms in total. The Morgan fingerprint density at radius 3 is 2.35 bits per heavy atom. The van der Waals surface area contributed by atoms with Crippen molar-refractivity contribution in [3.8, 4) is 0 Å². The zero-order valence-corrected chi connectivity index (χ0v) is 11.5. The Morgan fingerprint density at radius 1 is 1.18 bits per heavy atom. The monoisotopic (exact) mass is 242 g/mol. The fraction of sp³-hybridized carbons (Fsp3) is 0.786. The third-order valence-corrected chi connectivity index (χ3v) is 2.47. The van der Waals surface area contributed by atoms with E-state index in [0.29, 0.717) is 18.6 Å². The molecule has 0 saturated heterocycles. The van der Waals surface area contributed by atoms with E-state index in [1.54, 1.807) is 6.92 Å². The van der Waals surface area contributed by atoms with Gasteiger partial charge in [-0.3, -0.25) is 0 Å². The van der Waals surface area contributed by atoms with E-state index in [1.165, 1.54) is 25.7 Å². The van der Waals surface area contributed by atoms with Crippen molar-refractivity contribution in [3.63, 3.8) is 0 Å². The van der Waals surface area contributed by atoms with Gasteiger partial charge in [-0.25, -0.2) is 4.79 Å². The second-order valence-corrected chi connectivity index (χ2v) is 4.31.